The molecule has 3 aliphatic carbocycles. The molecular weight excluding hydrogens is 390 g/mol. The van der Waals surface area contributed by atoms with E-state index < -0.39 is 10.1 Å². The Labute approximate surface area is 173 Å². The zero-order valence-corrected chi connectivity index (χ0v) is 17.8. The van der Waals surface area contributed by atoms with Gasteiger partial charge in [0.2, 0.25) is 0 Å². The van der Waals surface area contributed by atoms with E-state index in [1.165, 1.54) is 6.42 Å². The normalized spacial score (nSPS) is 33.7. The van der Waals surface area contributed by atoms with Crippen LogP contribution in [0, 0.1) is 23.2 Å². The van der Waals surface area contributed by atoms with Crippen molar-refractivity contribution in [2.24, 2.45) is 23.2 Å². The number of benzene rings is 1. The molecule has 1 aromatic carbocycles. The summed E-state index contributed by atoms with van der Waals surface area (Å²) < 4.78 is 33.4. The van der Waals surface area contributed by atoms with Crippen molar-refractivity contribution in [3.63, 3.8) is 0 Å². The van der Waals surface area contributed by atoms with Gasteiger partial charge in [-0.3, -0.25) is 4.18 Å². The number of hydrogen-bond acceptors (Lipinski definition) is 5. The maximum absolute atomic E-state index is 12.6. The first kappa shape index (κ1) is 20.7. The van der Waals surface area contributed by atoms with Crippen LogP contribution in [-0.2, 0) is 25.6 Å². The van der Waals surface area contributed by atoms with E-state index >= 15 is 0 Å². The van der Waals surface area contributed by atoms with Gasteiger partial charge in [0, 0.05) is 6.04 Å². The molecule has 0 heterocycles. The van der Waals surface area contributed by atoms with Crippen LogP contribution in [0.25, 0.3) is 0 Å². The third-order valence-corrected chi connectivity index (χ3v) is 7.87. The van der Waals surface area contributed by atoms with Crippen molar-refractivity contribution in [1.82, 2.24) is 5.32 Å². The first-order valence-electron chi connectivity index (χ1n) is 10.7. The Morgan fingerprint density at radius 2 is 2.00 bits per heavy atom. The Morgan fingerprint density at radius 1 is 1.21 bits per heavy atom. The molecule has 2 bridgehead atoms. The smallest absolute Gasteiger partial charge is 0.407 e. The van der Waals surface area contributed by atoms with Crippen LogP contribution in [0.1, 0.15) is 50.5 Å². The molecule has 0 aromatic heterocycles. The molecule has 4 rings (SSSR count). The molecule has 7 heteroatoms. The van der Waals surface area contributed by atoms with E-state index in [-0.39, 0.29) is 36.7 Å². The fraction of sp³-hybridized carbons (Fsp3) is 0.682. The number of hydrogen-bond donors (Lipinski definition) is 1. The molecule has 0 aliphatic heterocycles. The lowest BCUT2D eigenvalue weighted by Gasteiger charge is -2.49. The minimum Gasteiger partial charge on any atom is -0.445 e. The fourth-order valence-corrected chi connectivity index (χ4v) is 6.63. The van der Waals surface area contributed by atoms with E-state index in [0.29, 0.717) is 11.8 Å². The zero-order valence-electron chi connectivity index (χ0n) is 17.0. The molecule has 1 amide bonds. The number of fused-ring (bicyclic) bond motifs is 3. The van der Waals surface area contributed by atoms with Crippen molar-refractivity contribution in [2.75, 3.05) is 12.9 Å². The summed E-state index contributed by atoms with van der Waals surface area (Å²) in [6.07, 6.45) is 8.33. The lowest BCUT2D eigenvalue weighted by molar-refractivity contribution is 0.0187. The van der Waals surface area contributed by atoms with Crippen molar-refractivity contribution in [3.05, 3.63) is 35.9 Å². The number of carbonyl (C=O) groups is 1. The van der Waals surface area contributed by atoms with Gasteiger partial charge >= 0.3 is 6.09 Å². The number of alkyl carbamates (subject to hydrolysis) is 1. The standard InChI is InChI=1S/C22H31NO5S/c1-29(25,26)28-15-17-8-5-11-22(13-17)19-10-9-18(12-19)20(22)23-21(24)27-14-16-6-3-2-4-7-16/h2-4,6-7,17-20H,5,8-15H2,1H3,(H,23,24). The summed E-state index contributed by atoms with van der Waals surface area (Å²) in [6.45, 7) is 0.522. The van der Waals surface area contributed by atoms with Gasteiger partial charge in [-0.2, -0.15) is 8.42 Å². The molecule has 5 atom stereocenters. The summed E-state index contributed by atoms with van der Waals surface area (Å²) >= 11 is 0. The maximum atomic E-state index is 12.6. The Morgan fingerprint density at radius 3 is 2.76 bits per heavy atom. The average molecular weight is 422 g/mol. The molecule has 29 heavy (non-hydrogen) atoms. The molecule has 3 fully saturated rings. The molecule has 1 aromatic rings. The van der Waals surface area contributed by atoms with Crippen molar-refractivity contribution >= 4 is 16.2 Å². The number of carbonyl (C=O) groups excluding carboxylic acids is 1. The Balaban J connectivity index is 1.41. The van der Waals surface area contributed by atoms with Gasteiger partial charge in [0.15, 0.2) is 0 Å². The summed E-state index contributed by atoms with van der Waals surface area (Å²) in [5.74, 6) is 1.33. The van der Waals surface area contributed by atoms with Gasteiger partial charge in [0.1, 0.15) is 6.61 Å². The highest BCUT2D eigenvalue weighted by molar-refractivity contribution is 7.85. The van der Waals surface area contributed by atoms with E-state index in [0.717, 1.165) is 50.3 Å². The quantitative estimate of drug-likeness (QED) is 0.705. The zero-order chi connectivity index (χ0) is 20.5. The van der Waals surface area contributed by atoms with E-state index in [1.54, 1.807) is 0 Å². The molecule has 6 nitrogen and oxygen atoms in total. The second kappa shape index (κ2) is 8.26. The minimum atomic E-state index is -3.42. The van der Waals surface area contributed by atoms with Crippen LogP contribution in [0.3, 0.4) is 0 Å². The summed E-state index contributed by atoms with van der Waals surface area (Å²) in [6, 6.07) is 9.81. The van der Waals surface area contributed by atoms with Crippen LogP contribution in [-0.4, -0.2) is 33.4 Å². The molecule has 3 saturated carbocycles. The predicted octanol–water partition coefficient (Wildman–Crippen LogP) is 3.86. The van der Waals surface area contributed by atoms with Gasteiger partial charge in [-0.25, -0.2) is 4.79 Å². The van der Waals surface area contributed by atoms with Gasteiger partial charge in [0.05, 0.1) is 12.9 Å². The van der Waals surface area contributed by atoms with Crippen molar-refractivity contribution < 1.29 is 22.1 Å². The molecule has 5 unspecified atom stereocenters. The van der Waals surface area contributed by atoms with E-state index in [9.17, 15) is 13.2 Å². The van der Waals surface area contributed by atoms with Gasteiger partial charge in [-0.05, 0) is 67.3 Å². The third kappa shape index (κ3) is 4.61. The first-order valence-corrected chi connectivity index (χ1v) is 12.5. The van der Waals surface area contributed by atoms with Crippen molar-refractivity contribution in [1.29, 1.82) is 0 Å². The summed E-state index contributed by atoms with van der Waals surface area (Å²) in [5, 5.41) is 3.21. The Bertz CT molecular complexity index is 827. The molecule has 0 radical (unpaired) electrons. The van der Waals surface area contributed by atoms with Crippen molar-refractivity contribution in [2.45, 2.75) is 57.6 Å². The van der Waals surface area contributed by atoms with E-state index in [2.05, 4.69) is 5.32 Å². The highest BCUT2D eigenvalue weighted by atomic mass is 32.2. The van der Waals surface area contributed by atoms with Crippen LogP contribution in [0.15, 0.2) is 30.3 Å². The summed E-state index contributed by atoms with van der Waals surface area (Å²) in [7, 11) is -3.42. The van der Waals surface area contributed by atoms with Gasteiger partial charge in [0.25, 0.3) is 10.1 Å². The molecule has 1 spiro atoms. The number of rotatable bonds is 6. The molecule has 160 valence electrons. The lowest BCUT2D eigenvalue weighted by atomic mass is 9.59. The second-order valence-electron chi connectivity index (χ2n) is 9.14. The number of nitrogens with one attached hydrogen (secondary N) is 1. The summed E-state index contributed by atoms with van der Waals surface area (Å²) in [4.78, 5) is 12.6. The fourth-order valence-electron chi connectivity index (χ4n) is 6.19. The molecular formula is C22H31NO5S. The molecule has 3 aliphatic rings. The Hall–Kier alpha value is -1.60. The minimum absolute atomic E-state index is 0.0540. The summed E-state index contributed by atoms with van der Waals surface area (Å²) in [5.41, 5.74) is 1.03. The number of ether oxygens (including phenoxy) is 1. The highest BCUT2D eigenvalue weighted by Gasteiger charge is 2.59. The maximum Gasteiger partial charge on any atom is 0.407 e. The van der Waals surface area contributed by atoms with Crippen molar-refractivity contribution in [3.8, 4) is 0 Å². The van der Waals surface area contributed by atoms with Crippen LogP contribution in [0.4, 0.5) is 4.79 Å². The SMILES string of the molecule is CS(=O)(=O)OCC1CCCC2(C1)C1CCC(C1)C2NC(=O)OCc1ccccc1. The monoisotopic (exact) mass is 421 g/mol. The van der Waals surface area contributed by atoms with Crippen LogP contribution >= 0.6 is 0 Å². The van der Waals surface area contributed by atoms with Gasteiger partial charge in [-0.15, -0.1) is 0 Å². The van der Waals surface area contributed by atoms with E-state index in [4.69, 9.17) is 8.92 Å². The topological polar surface area (TPSA) is 81.7 Å². The van der Waals surface area contributed by atoms with Crippen LogP contribution < -0.4 is 5.32 Å². The third-order valence-electron chi connectivity index (χ3n) is 7.30. The largest absolute Gasteiger partial charge is 0.445 e. The first-order chi connectivity index (χ1) is 13.9. The van der Waals surface area contributed by atoms with Gasteiger partial charge < -0.3 is 10.1 Å². The number of amides is 1. The predicted molar refractivity (Wildman–Crippen MR) is 110 cm³/mol. The second-order valence-corrected chi connectivity index (χ2v) is 10.8. The van der Waals surface area contributed by atoms with Crippen LogP contribution in [0.5, 0.6) is 0 Å². The lowest BCUT2D eigenvalue weighted by Crippen LogP contribution is -2.53. The molecule has 1 N–H and O–H groups in total. The Kier molecular flexibility index (Phi) is 5.89. The average Bonchev–Trinajstić information content (AvgIpc) is 3.28. The van der Waals surface area contributed by atoms with E-state index in [1.807, 2.05) is 30.3 Å². The van der Waals surface area contributed by atoms with Gasteiger partial charge in [-0.1, -0.05) is 36.8 Å². The van der Waals surface area contributed by atoms with Crippen LogP contribution in [0.2, 0.25) is 0 Å². The molecule has 0 saturated heterocycles. The highest BCUT2D eigenvalue weighted by Crippen LogP contribution is 2.62.